The molecule has 1 fully saturated rings. The Bertz CT molecular complexity index is 460. The third-order valence-corrected chi connectivity index (χ3v) is 3.25. The van der Waals surface area contributed by atoms with Gasteiger partial charge in [-0.25, -0.2) is 4.98 Å². The van der Waals surface area contributed by atoms with Crippen molar-refractivity contribution in [2.24, 2.45) is 0 Å². The van der Waals surface area contributed by atoms with Crippen molar-refractivity contribution < 1.29 is 0 Å². The molecule has 0 spiro atoms. The van der Waals surface area contributed by atoms with Gasteiger partial charge in [-0.15, -0.1) is 12.4 Å². The van der Waals surface area contributed by atoms with Gasteiger partial charge in [0.05, 0.1) is 17.4 Å². The molecule has 4 heteroatoms. The van der Waals surface area contributed by atoms with Crippen LogP contribution in [0, 0.1) is 0 Å². The molecule has 0 aliphatic carbocycles. The van der Waals surface area contributed by atoms with Gasteiger partial charge < -0.3 is 10.3 Å². The molecule has 86 valence electrons. The summed E-state index contributed by atoms with van der Waals surface area (Å²) in [5.41, 5.74) is 3.67. The second kappa shape index (κ2) is 4.85. The molecule has 0 bridgehead atoms. The van der Waals surface area contributed by atoms with E-state index >= 15 is 0 Å². The minimum atomic E-state index is 0. The van der Waals surface area contributed by atoms with E-state index in [1.54, 1.807) is 6.33 Å². The van der Waals surface area contributed by atoms with E-state index in [4.69, 9.17) is 0 Å². The second-order valence-electron chi connectivity index (χ2n) is 4.20. The lowest BCUT2D eigenvalue weighted by Crippen LogP contribution is -2.26. The maximum Gasteiger partial charge on any atom is 0.0931 e. The first-order valence-electron chi connectivity index (χ1n) is 5.57. The van der Waals surface area contributed by atoms with Gasteiger partial charge in [-0.1, -0.05) is 6.07 Å². The molecule has 1 aliphatic heterocycles. The number of nitrogens with zero attached hydrogens (tertiary/aromatic N) is 1. The monoisotopic (exact) mass is 237 g/mol. The highest BCUT2D eigenvalue weighted by Crippen LogP contribution is 2.26. The molecule has 1 saturated heterocycles. The Hall–Kier alpha value is -1.06. The van der Waals surface area contributed by atoms with E-state index in [9.17, 15) is 0 Å². The van der Waals surface area contributed by atoms with E-state index in [0.29, 0.717) is 0 Å². The lowest BCUT2D eigenvalue weighted by Gasteiger charge is -2.22. The number of fused-ring (bicyclic) bond motifs is 1. The van der Waals surface area contributed by atoms with Gasteiger partial charge in [-0.3, -0.25) is 0 Å². The molecule has 0 saturated carbocycles. The molecule has 0 unspecified atom stereocenters. The largest absolute Gasteiger partial charge is 0.345 e. The van der Waals surface area contributed by atoms with Crippen molar-refractivity contribution in [3.63, 3.8) is 0 Å². The number of imidazole rings is 1. The van der Waals surface area contributed by atoms with Gasteiger partial charge >= 0.3 is 0 Å². The molecule has 2 N–H and O–H groups in total. The molecule has 2 aromatic rings. The van der Waals surface area contributed by atoms with Gasteiger partial charge in [-0.2, -0.15) is 0 Å². The predicted octanol–water partition coefficient (Wildman–Crippen LogP) is 2.45. The summed E-state index contributed by atoms with van der Waals surface area (Å²) >= 11 is 0. The van der Waals surface area contributed by atoms with Crippen LogP contribution in [0.25, 0.3) is 11.0 Å². The first kappa shape index (κ1) is 11.4. The third kappa shape index (κ3) is 2.06. The fourth-order valence-corrected chi connectivity index (χ4v) is 2.36. The Morgan fingerprint density at radius 3 is 2.81 bits per heavy atom. The minimum absolute atomic E-state index is 0. The van der Waals surface area contributed by atoms with E-state index < -0.39 is 0 Å². The first-order chi connectivity index (χ1) is 7.43. The number of halogens is 1. The summed E-state index contributed by atoms with van der Waals surface area (Å²) in [5, 5.41) is 3.40. The molecule has 0 atom stereocenters. The number of aromatic amines is 1. The summed E-state index contributed by atoms with van der Waals surface area (Å²) in [7, 11) is 0. The first-order valence-corrected chi connectivity index (χ1v) is 5.57. The van der Waals surface area contributed by atoms with Crippen molar-refractivity contribution in [3.05, 3.63) is 30.1 Å². The van der Waals surface area contributed by atoms with E-state index in [2.05, 4.69) is 33.5 Å². The average molecular weight is 238 g/mol. The number of aromatic nitrogens is 2. The molecule has 3 nitrogen and oxygen atoms in total. The number of H-pyrrole nitrogens is 1. The summed E-state index contributed by atoms with van der Waals surface area (Å²) in [6.45, 7) is 2.29. The van der Waals surface area contributed by atoms with Crippen molar-refractivity contribution in [3.8, 4) is 0 Å². The van der Waals surface area contributed by atoms with Gasteiger partial charge in [0.1, 0.15) is 0 Å². The molecular weight excluding hydrogens is 222 g/mol. The molecule has 0 amide bonds. The van der Waals surface area contributed by atoms with E-state index in [0.717, 1.165) is 30.0 Å². The van der Waals surface area contributed by atoms with Crippen molar-refractivity contribution in [2.75, 3.05) is 13.1 Å². The van der Waals surface area contributed by atoms with Crippen molar-refractivity contribution in [1.82, 2.24) is 15.3 Å². The Morgan fingerprint density at radius 1 is 1.19 bits per heavy atom. The summed E-state index contributed by atoms with van der Waals surface area (Å²) in [6, 6.07) is 6.58. The number of rotatable bonds is 1. The van der Waals surface area contributed by atoms with Gasteiger partial charge in [0.15, 0.2) is 0 Å². The van der Waals surface area contributed by atoms with Crippen molar-refractivity contribution in [1.29, 1.82) is 0 Å². The maximum absolute atomic E-state index is 4.24. The van der Waals surface area contributed by atoms with Crippen LogP contribution in [-0.4, -0.2) is 23.1 Å². The zero-order chi connectivity index (χ0) is 10.1. The highest BCUT2D eigenvalue weighted by molar-refractivity contribution is 5.85. The summed E-state index contributed by atoms with van der Waals surface area (Å²) in [4.78, 5) is 7.41. The summed E-state index contributed by atoms with van der Waals surface area (Å²) in [6.07, 6.45) is 4.26. The molecule has 1 aliphatic rings. The van der Waals surface area contributed by atoms with Crippen LogP contribution in [0.5, 0.6) is 0 Å². The SMILES string of the molecule is Cl.c1nc2ccc(C3CCNCC3)cc2[nH]1. The normalized spacial score (nSPS) is 17.2. The molecule has 2 heterocycles. The Kier molecular flexibility index (Phi) is 3.46. The Morgan fingerprint density at radius 2 is 2.00 bits per heavy atom. The Balaban J connectivity index is 0.000000963. The van der Waals surface area contributed by atoms with E-state index in [1.165, 1.54) is 18.4 Å². The van der Waals surface area contributed by atoms with Crippen molar-refractivity contribution in [2.45, 2.75) is 18.8 Å². The number of hydrogen-bond donors (Lipinski definition) is 2. The zero-order valence-corrected chi connectivity index (χ0v) is 9.89. The van der Waals surface area contributed by atoms with Crippen LogP contribution in [0.3, 0.4) is 0 Å². The standard InChI is InChI=1S/C12H15N3.ClH/c1-2-11-12(15-8-14-11)7-10(1)9-3-5-13-6-4-9;/h1-2,7-9,13H,3-6H2,(H,14,15);1H. The van der Waals surface area contributed by atoms with Crippen LogP contribution in [0.1, 0.15) is 24.3 Å². The topological polar surface area (TPSA) is 40.7 Å². The van der Waals surface area contributed by atoms with Crippen LogP contribution in [0.15, 0.2) is 24.5 Å². The maximum atomic E-state index is 4.24. The van der Waals surface area contributed by atoms with Crippen LogP contribution in [0.4, 0.5) is 0 Å². The third-order valence-electron chi connectivity index (χ3n) is 3.25. The zero-order valence-electron chi connectivity index (χ0n) is 9.07. The second-order valence-corrected chi connectivity index (χ2v) is 4.20. The van der Waals surface area contributed by atoms with Crippen LogP contribution < -0.4 is 5.32 Å². The highest BCUT2D eigenvalue weighted by atomic mass is 35.5. The smallest absolute Gasteiger partial charge is 0.0931 e. The fraction of sp³-hybridized carbons (Fsp3) is 0.417. The van der Waals surface area contributed by atoms with E-state index in [1.807, 2.05) is 0 Å². The van der Waals surface area contributed by atoms with Gasteiger partial charge in [0, 0.05) is 0 Å². The molecule has 0 radical (unpaired) electrons. The van der Waals surface area contributed by atoms with Gasteiger partial charge in [0.25, 0.3) is 0 Å². The number of hydrogen-bond acceptors (Lipinski definition) is 2. The highest BCUT2D eigenvalue weighted by Gasteiger charge is 2.15. The molecule has 1 aromatic carbocycles. The van der Waals surface area contributed by atoms with Crippen LogP contribution >= 0.6 is 12.4 Å². The number of benzene rings is 1. The van der Waals surface area contributed by atoms with Gasteiger partial charge in [-0.05, 0) is 49.5 Å². The van der Waals surface area contributed by atoms with Crippen LogP contribution in [0.2, 0.25) is 0 Å². The molecule has 16 heavy (non-hydrogen) atoms. The minimum Gasteiger partial charge on any atom is -0.345 e. The number of piperidine rings is 1. The van der Waals surface area contributed by atoms with Gasteiger partial charge in [0.2, 0.25) is 0 Å². The number of nitrogens with one attached hydrogen (secondary N) is 2. The predicted molar refractivity (Wildman–Crippen MR) is 68.2 cm³/mol. The van der Waals surface area contributed by atoms with Crippen LogP contribution in [-0.2, 0) is 0 Å². The molecule has 3 rings (SSSR count). The quantitative estimate of drug-likeness (QED) is 0.800. The van der Waals surface area contributed by atoms with E-state index in [-0.39, 0.29) is 12.4 Å². The molecule has 1 aromatic heterocycles. The average Bonchev–Trinajstić information content (AvgIpc) is 2.77. The summed E-state index contributed by atoms with van der Waals surface area (Å²) in [5.74, 6) is 0.721. The molecular formula is C12H16ClN3. The lowest BCUT2D eigenvalue weighted by atomic mass is 9.90. The lowest BCUT2D eigenvalue weighted by molar-refractivity contribution is 0.460. The van der Waals surface area contributed by atoms with Crippen molar-refractivity contribution >= 4 is 23.4 Å². The Labute approximate surface area is 101 Å². The fourth-order valence-electron chi connectivity index (χ4n) is 2.36. The summed E-state index contributed by atoms with van der Waals surface area (Å²) < 4.78 is 0.